The minimum Gasteiger partial charge on any atom is -0.348 e. The number of hydrogen-bond acceptors (Lipinski definition) is 3. The van der Waals surface area contributed by atoms with Gasteiger partial charge in [0.2, 0.25) is 0 Å². The van der Waals surface area contributed by atoms with Crippen molar-refractivity contribution in [2.45, 2.75) is 6.54 Å². The summed E-state index contributed by atoms with van der Waals surface area (Å²) in [5.41, 5.74) is 1.70. The molecule has 7 heteroatoms. The van der Waals surface area contributed by atoms with Crippen LogP contribution in [0.1, 0.15) is 15.9 Å². The van der Waals surface area contributed by atoms with E-state index in [-0.39, 0.29) is 11.5 Å². The molecule has 1 heterocycles. The van der Waals surface area contributed by atoms with E-state index in [1.54, 1.807) is 37.4 Å². The maximum atomic E-state index is 12.3. The van der Waals surface area contributed by atoms with Gasteiger partial charge < -0.3 is 10.3 Å². The van der Waals surface area contributed by atoms with Crippen molar-refractivity contribution >= 4 is 40.6 Å². The van der Waals surface area contributed by atoms with E-state index >= 15 is 0 Å². The van der Waals surface area contributed by atoms with Gasteiger partial charge in [0.25, 0.3) is 11.5 Å². The van der Waals surface area contributed by atoms with E-state index in [4.69, 9.17) is 23.8 Å². The normalized spacial score (nSPS) is 10.8. The van der Waals surface area contributed by atoms with Gasteiger partial charge in [0.1, 0.15) is 0 Å². The first kappa shape index (κ1) is 16.4. The van der Waals surface area contributed by atoms with Gasteiger partial charge in [-0.3, -0.25) is 14.2 Å². The van der Waals surface area contributed by atoms with Gasteiger partial charge >= 0.3 is 0 Å². The highest BCUT2D eigenvalue weighted by Gasteiger charge is 2.09. The topological polar surface area (TPSA) is 66.9 Å². The molecular weight excluding hydrogens is 346 g/mol. The zero-order chi connectivity index (χ0) is 17.3. The zero-order valence-electron chi connectivity index (χ0n) is 12.8. The van der Waals surface area contributed by atoms with Crippen molar-refractivity contribution < 1.29 is 4.79 Å². The highest BCUT2D eigenvalue weighted by Crippen LogP contribution is 2.12. The highest BCUT2D eigenvalue weighted by molar-refractivity contribution is 7.71. The molecule has 0 saturated heterocycles. The van der Waals surface area contributed by atoms with Crippen molar-refractivity contribution in [3.05, 3.63) is 73.7 Å². The van der Waals surface area contributed by atoms with Gasteiger partial charge in [0.05, 0.1) is 10.9 Å². The second-order valence-electron chi connectivity index (χ2n) is 5.37. The number of rotatable bonds is 3. The molecule has 0 radical (unpaired) electrons. The Bertz CT molecular complexity index is 1060. The summed E-state index contributed by atoms with van der Waals surface area (Å²) in [6, 6.07) is 12.1. The summed E-state index contributed by atoms with van der Waals surface area (Å²) in [5.74, 6) is -0.239. The van der Waals surface area contributed by atoms with Crippen molar-refractivity contribution in [1.29, 1.82) is 0 Å². The Morgan fingerprint density at radius 1 is 1.29 bits per heavy atom. The van der Waals surface area contributed by atoms with Crippen molar-refractivity contribution in [3.8, 4) is 0 Å². The monoisotopic (exact) mass is 359 g/mol. The summed E-state index contributed by atoms with van der Waals surface area (Å²) < 4.78 is 1.67. The van der Waals surface area contributed by atoms with Crippen LogP contribution in [0.2, 0.25) is 5.02 Å². The molecule has 0 fully saturated rings. The van der Waals surface area contributed by atoms with Crippen molar-refractivity contribution in [3.63, 3.8) is 0 Å². The quantitative estimate of drug-likeness (QED) is 0.706. The van der Waals surface area contributed by atoms with Crippen LogP contribution in [0.3, 0.4) is 0 Å². The fourth-order valence-electron chi connectivity index (χ4n) is 2.38. The van der Waals surface area contributed by atoms with E-state index in [0.717, 1.165) is 5.56 Å². The number of aromatic nitrogens is 2. The highest BCUT2D eigenvalue weighted by atomic mass is 35.5. The summed E-state index contributed by atoms with van der Waals surface area (Å²) >= 11 is 11.0. The third-order valence-corrected chi connectivity index (χ3v) is 4.32. The molecule has 122 valence electrons. The van der Waals surface area contributed by atoms with Gasteiger partial charge in [-0.2, -0.15) is 0 Å². The molecular formula is C17H14ClN3O2S. The van der Waals surface area contributed by atoms with E-state index in [1.165, 1.54) is 4.57 Å². The Morgan fingerprint density at radius 2 is 2.08 bits per heavy atom. The number of aromatic amines is 1. The molecule has 0 saturated carbocycles. The van der Waals surface area contributed by atoms with E-state index in [1.807, 2.05) is 12.1 Å². The lowest BCUT2D eigenvalue weighted by Gasteiger charge is -2.07. The Morgan fingerprint density at radius 3 is 2.83 bits per heavy atom. The summed E-state index contributed by atoms with van der Waals surface area (Å²) in [7, 11) is 1.60. The fraction of sp³-hybridized carbons (Fsp3) is 0.118. The summed E-state index contributed by atoms with van der Waals surface area (Å²) in [5, 5.41) is 3.93. The van der Waals surface area contributed by atoms with E-state index in [2.05, 4.69) is 10.3 Å². The minimum absolute atomic E-state index is 0.195. The molecule has 0 aliphatic carbocycles. The van der Waals surface area contributed by atoms with Crippen LogP contribution in [0.4, 0.5) is 0 Å². The summed E-state index contributed by atoms with van der Waals surface area (Å²) in [6.45, 7) is 0.365. The van der Waals surface area contributed by atoms with Crippen LogP contribution in [0.5, 0.6) is 0 Å². The lowest BCUT2D eigenvalue weighted by Crippen LogP contribution is -2.23. The van der Waals surface area contributed by atoms with Crippen LogP contribution in [-0.4, -0.2) is 15.5 Å². The van der Waals surface area contributed by atoms with Crippen LogP contribution in [0.15, 0.2) is 47.3 Å². The van der Waals surface area contributed by atoms with Crippen LogP contribution in [0.25, 0.3) is 10.9 Å². The largest absolute Gasteiger partial charge is 0.348 e. The molecule has 5 nitrogen and oxygen atoms in total. The molecule has 0 unspecified atom stereocenters. The molecule has 2 aromatic carbocycles. The molecule has 0 aliphatic heterocycles. The third kappa shape index (κ3) is 3.25. The van der Waals surface area contributed by atoms with Gasteiger partial charge in [0, 0.05) is 24.2 Å². The Labute approximate surface area is 147 Å². The first-order valence-corrected chi connectivity index (χ1v) is 8.00. The summed E-state index contributed by atoms with van der Waals surface area (Å²) in [6.07, 6.45) is 0. The second kappa shape index (κ2) is 6.59. The Hall–Kier alpha value is -2.44. The number of halogens is 1. The predicted octanol–water partition coefficient (Wildman–Crippen LogP) is 3.18. The Balaban J connectivity index is 1.86. The molecule has 24 heavy (non-hydrogen) atoms. The minimum atomic E-state index is -0.239. The van der Waals surface area contributed by atoms with Gasteiger partial charge in [-0.25, -0.2) is 0 Å². The SMILES string of the molecule is Cn1c(=S)[nH]c2cc(C(=O)NCc3cccc(Cl)c3)ccc2c1=O. The first-order valence-electron chi connectivity index (χ1n) is 7.21. The molecule has 3 rings (SSSR count). The van der Waals surface area contributed by atoms with E-state index in [0.29, 0.717) is 32.8 Å². The first-order chi connectivity index (χ1) is 11.5. The van der Waals surface area contributed by atoms with Gasteiger partial charge in [-0.05, 0) is 48.1 Å². The zero-order valence-corrected chi connectivity index (χ0v) is 14.4. The Kier molecular flexibility index (Phi) is 4.51. The molecule has 0 bridgehead atoms. The number of fused-ring (bicyclic) bond motifs is 1. The smallest absolute Gasteiger partial charge is 0.261 e. The average Bonchev–Trinajstić information content (AvgIpc) is 2.57. The fourth-order valence-corrected chi connectivity index (χ4v) is 2.78. The number of H-pyrrole nitrogens is 1. The number of carbonyl (C=O) groups excluding carboxylic acids is 1. The molecule has 0 atom stereocenters. The molecule has 0 aliphatic rings. The number of amides is 1. The van der Waals surface area contributed by atoms with Crippen LogP contribution in [0, 0.1) is 4.77 Å². The maximum Gasteiger partial charge on any atom is 0.261 e. The van der Waals surface area contributed by atoms with Crippen molar-refractivity contribution in [2.24, 2.45) is 7.05 Å². The second-order valence-corrected chi connectivity index (χ2v) is 6.19. The molecule has 1 aromatic heterocycles. The number of carbonyl (C=O) groups is 1. The molecule has 1 amide bonds. The number of benzene rings is 2. The van der Waals surface area contributed by atoms with Crippen LogP contribution in [-0.2, 0) is 13.6 Å². The lowest BCUT2D eigenvalue weighted by atomic mass is 10.1. The van der Waals surface area contributed by atoms with Crippen LogP contribution >= 0.6 is 23.8 Å². The van der Waals surface area contributed by atoms with Crippen LogP contribution < -0.4 is 10.9 Å². The number of hydrogen-bond donors (Lipinski definition) is 2. The average molecular weight is 360 g/mol. The van der Waals surface area contributed by atoms with E-state index in [9.17, 15) is 9.59 Å². The molecule has 0 spiro atoms. The van der Waals surface area contributed by atoms with Crippen molar-refractivity contribution in [1.82, 2.24) is 14.9 Å². The van der Waals surface area contributed by atoms with Gasteiger partial charge in [-0.15, -0.1) is 0 Å². The number of nitrogens with zero attached hydrogens (tertiary/aromatic N) is 1. The molecule has 2 N–H and O–H groups in total. The van der Waals surface area contributed by atoms with Crippen molar-refractivity contribution in [2.75, 3.05) is 0 Å². The van der Waals surface area contributed by atoms with Gasteiger partial charge in [0.15, 0.2) is 4.77 Å². The molecule has 3 aromatic rings. The third-order valence-electron chi connectivity index (χ3n) is 3.71. The maximum absolute atomic E-state index is 12.3. The van der Waals surface area contributed by atoms with Gasteiger partial charge in [-0.1, -0.05) is 23.7 Å². The lowest BCUT2D eigenvalue weighted by molar-refractivity contribution is 0.0951. The predicted molar refractivity (Wildman–Crippen MR) is 97.0 cm³/mol. The standard InChI is InChI=1S/C17H14ClN3O2S/c1-21-16(23)13-6-5-11(8-14(13)20-17(21)24)15(22)19-9-10-3-2-4-12(18)7-10/h2-8H,9H2,1H3,(H,19,22)(H,20,24). The number of nitrogens with one attached hydrogen (secondary N) is 2. The summed E-state index contributed by atoms with van der Waals surface area (Å²) in [4.78, 5) is 27.4. The van der Waals surface area contributed by atoms with E-state index < -0.39 is 0 Å².